The number of ether oxygens (including phenoxy) is 2. The van der Waals surface area contributed by atoms with Crippen molar-refractivity contribution in [2.75, 3.05) is 11.9 Å². The number of aromatic nitrogens is 3. The third kappa shape index (κ3) is 19.2. The van der Waals surface area contributed by atoms with Crippen LogP contribution in [-0.4, -0.2) is 31.2 Å². The molecule has 6 rings (SSSR count). The summed E-state index contributed by atoms with van der Waals surface area (Å²) in [5.41, 5.74) is 3.20. The molecule has 3 N–H and O–H groups in total. The van der Waals surface area contributed by atoms with Gasteiger partial charge in [-0.3, -0.25) is 4.57 Å². The minimum atomic E-state index is -0.111. The number of nitrogens with one attached hydrogen (secondary N) is 1. The lowest BCUT2D eigenvalue weighted by Gasteiger charge is -2.14. The maximum absolute atomic E-state index is 11.5. The number of hydrogen-bond donors (Lipinski definition) is 3. The van der Waals surface area contributed by atoms with Gasteiger partial charge in [0.25, 0.3) is 0 Å². The Balaban J connectivity index is 1.17. The zero-order chi connectivity index (χ0) is 53.2. The molecule has 8 nitrogen and oxygen atoms in total. The minimum Gasteiger partial charge on any atom is -0.494 e. The van der Waals surface area contributed by atoms with Crippen LogP contribution in [0.2, 0.25) is 20.1 Å². The van der Waals surface area contributed by atoms with Gasteiger partial charge < -0.3 is 25.0 Å². The first-order valence-electron chi connectivity index (χ1n) is 27.9. The van der Waals surface area contributed by atoms with Crippen molar-refractivity contribution in [3.8, 4) is 40.5 Å². The van der Waals surface area contributed by atoms with E-state index in [-0.39, 0.29) is 21.8 Å². The Bertz CT molecular complexity index is 2630. The van der Waals surface area contributed by atoms with Crippen LogP contribution in [0.15, 0.2) is 101 Å². The van der Waals surface area contributed by atoms with E-state index < -0.39 is 0 Å². The maximum atomic E-state index is 11.5. The molecular formula is C62H80Cl4N4O4S. The van der Waals surface area contributed by atoms with Gasteiger partial charge >= 0.3 is 0 Å². The first-order chi connectivity index (χ1) is 36.6. The lowest BCUT2D eigenvalue weighted by molar-refractivity contribution is 0.280. The highest BCUT2D eigenvalue weighted by Gasteiger charge is 2.26. The fraction of sp³-hybridized carbons (Fsp3) is 0.468. The summed E-state index contributed by atoms with van der Waals surface area (Å²) in [5, 5.41) is 32.6. The molecule has 2 aromatic heterocycles. The minimum absolute atomic E-state index is 0.0822. The fourth-order valence-corrected chi connectivity index (χ4v) is 11.3. The second kappa shape index (κ2) is 33.0. The van der Waals surface area contributed by atoms with Crippen LogP contribution < -0.4 is 14.8 Å². The molecule has 2 heterocycles. The zero-order valence-electron chi connectivity index (χ0n) is 44.6. The van der Waals surface area contributed by atoms with Crippen LogP contribution in [0, 0.1) is 0 Å². The Kier molecular flexibility index (Phi) is 26.4. The van der Waals surface area contributed by atoms with E-state index in [0.717, 1.165) is 49.2 Å². The van der Waals surface area contributed by atoms with Crippen molar-refractivity contribution < 1.29 is 19.7 Å². The maximum Gasteiger partial charge on any atom is 0.233 e. The molecular weight excluding hydrogens is 1040 g/mol. The van der Waals surface area contributed by atoms with Crippen molar-refractivity contribution in [1.29, 1.82) is 0 Å². The molecule has 0 bridgehead atoms. The highest BCUT2D eigenvalue weighted by molar-refractivity contribution is 7.99. The summed E-state index contributed by atoms with van der Waals surface area (Å²) in [4.78, 5) is 1.53. The van der Waals surface area contributed by atoms with Gasteiger partial charge in [-0.15, -0.1) is 5.10 Å². The van der Waals surface area contributed by atoms with Gasteiger partial charge in [-0.1, -0.05) is 232 Å². The molecule has 0 radical (unpaired) electrons. The number of rotatable bonds is 36. The van der Waals surface area contributed by atoms with Crippen molar-refractivity contribution in [2.45, 2.75) is 191 Å². The molecule has 0 aliphatic carbocycles. The van der Waals surface area contributed by atoms with E-state index in [2.05, 4.69) is 44.3 Å². The molecule has 0 spiro atoms. The van der Waals surface area contributed by atoms with Crippen molar-refractivity contribution in [3.05, 3.63) is 122 Å². The summed E-state index contributed by atoms with van der Waals surface area (Å²) in [6.45, 7) is 7.08. The standard InChI is InChI=1S/C62H80Cl4N4O4S/c1-4-7-10-12-14-15-16-17-18-19-20-21-22-23-25-27-30-47-42-57(71)69(61(47)72)49-33-40-53(64)56(45-49)67-60-59(62(73-41-28-9-6-3)70(68-60)58-54(65)43-48(63)44-55(58)66)75-52-38-36-51(37-39-52)74-50-34-31-46(32-35-50)29-26-24-13-11-8-5-2/h27,30-40,42-45,71-72H,4-26,28-29,41H2,1-3H3,(H,67,68). The molecule has 406 valence electrons. The van der Waals surface area contributed by atoms with E-state index >= 15 is 0 Å². The highest BCUT2D eigenvalue weighted by atomic mass is 35.5. The van der Waals surface area contributed by atoms with Gasteiger partial charge in [0.1, 0.15) is 22.1 Å². The molecule has 6 aromatic rings. The third-order valence-electron chi connectivity index (χ3n) is 13.5. The molecule has 0 unspecified atom stereocenters. The number of unbranched alkanes of at least 4 members (excludes halogenated alkanes) is 21. The number of aryl methyl sites for hydroxylation is 1. The quantitative estimate of drug-likeness (QED) is 0.0338. The second-order valence-electron chi connectivity index (χ2n) is 19.7. The number of nitrogens with zero attached hydrogens (tertiary/aromatic N) is 3. The van der Waals surface area contributed by atoms with E-state index in [1.165, 1.54) is 144 Å². The van der Waals surface area contributed by atoms with Crippen LogP contribution in [0.1, 0.15) is 186 Å². The van der Waals surface area contributed by atoms with Crippen LogP contribution in [0.3, 0.4) is 0 Å². The summed E-state index contributed by atoms with van der Waals surface area (Å²) < 4.78 is 15.9. The van der Waals surface area contributed by atoms with Crippen LogP contribution in [0.5, 0.6) is 29.1 Å². The normalized spacial score (nSPS) is 11.6. The first kappa shape index (κ1) is 59.9. The molecule has 75 heavy (non-hydrogen) atoms. The lowest BCUT2D eigenvalue weighted by atomic mass is 10.0. The largest absolute Gasteiger partial charge is 0.494 e. The van der Waals surface area contributed by atoms with E-state index in [1.54, 1.807) is 41.1 Å². The van der Waals surface area contributed by atoms with Gasteiger partial charge in [0.2, 0.25) is 11.8 Å². The van der Waals surface area contributed by atoms with Gasteiger partial charge in [0.05, 0.1) is 33.0 Å². The SMILES string of the molecule is CCCCCCCCCCCCCCCCC=Cc1cc(O)n(-c2ccc(Cl)c(Nc3nn(-c4c(Cl)cc(Cl)cc4Cl)c(OCCCCC)c3Sc3ccc(Oc4ccc(CCCCCCCC)cc4)cc3)c2)c1O. The summed E-state index contributed by atoms with van der Waals surface area (Å²) in [5.74, 6) is 2.11. The number of aromatic hydroxyl groups is 2. The van der Waals surface area contributed by atoms with Gasteiger partial charge in [0.15, 0.2) is 11.7 Å². The van der Waals surface area contributed by atoms with Gasteiger partial charge in [-0.25, -0.2) is 0 Å². The molecule has 0 amide bonds. The molecule has 0 fully saturated rings. The molecule has 0 atom stereocenters. The summed E-state index contributed by atoms with van der Waals surface area (Å²) >= 11 is 28.6. The Morgan fingerprint density at radius 3 is 1.75 bits per heavy atom. The first-order valence-corrected chi connectivity index (χ1v) is 30.3. The Morgan fingerprint density at radius 1 is 0.600 bits per heavy atom. The van der Waals surface area contributed by atoms with Crippen LogP contribution >= 0.6 is 58.2 Å². The lowest BCUT2D eigenvalue weighted by Crippen LogP contribution is -2.06. The molecule has 0 saturated heterocycles. The summed E-state index contributed by atoms with van der Waals surface area (Å²) in [6, 6.07) is 26.3. The van der Waals surface area contributed by atoms with Gasteiger partial charge in [-0.2, -0.15) is 4.68 Å². The van der Waals surface area contributed by atoms with Crippen molar-refractivity contribution in [2.24, 2.45) is 0 Å². The van der Waals surface area contributed by atoms with E-state index in [9.17, 15) is 10.2 Å². The molecule has 0 aliphatic rings. The molecule has 4 aromatic carbocycles. The number of halogens is 4. The molecule has 0 saturated carbocycles. The number of allylic oxidation sites excluding steroid dienone is 1. The molecule has 13 heteroatoms. The number of anilines is 2. The average Bonchev–Trinajstić information content (AvgIpc) is 3.87. The van der Waals surface area contributed by atoms with Crippen molar-refractivity contribution in [3.63, 3.8) is 0 Å². The number of benzene rings is 4. The zero-order valence-corrected chi connectivity index (χ0v) is 48.4. The molecule has 0 aliphatic heterocycles. The predicted molar refractivity (Wildman–Crippen MR) is 319 cm³/mol. The van der Waals surface area contributed by atoms with E-state index in [1.807, 2.05) is 42.5 Å². The summed E-state index contributed by atoms with van der Waals surface area (Å²) in [7, 11) is 0. The van der Waals surface area contributed by atoms with E-state index in [4.69, 9.17) is 61.0 Å². The van der Waals surface area contributed by atoms with Crippen LogP contribution in [0.25, 0.3) is 17.5 Å². The topological polar surface area (TPSA) is 93.7 Å². The van der Waals surface area contributed by atoms with Crippen molar-refractivity contribution in [1.82, 2.24) is 14.3 Å². The van der Waals surface area contributed by atoms with Crippen LogP contribution in [0.4, 0.5) is 11.5 Å². The van der Waals surface area contributed by atoms with Crippen molar-refractivity contribution >= 4 is 75.7 Å². The predicted octanol–water partition coefficient (Wildman–Crippen LogP) is 21.7. The summed E-state index contributed by atoms with van der Waals surface area (Å²) in [6.07, 6.45) is 34.8. The van der Waals surface area contributed by atoms with E-state index in [0.29, 0.717) is 61.6 Å². The highest BCUT2D eigenvalue weighted by Crippen LogP contribution is 2.47. The Morgan fingerprint density at radius 2 is 1.15 bits per heavy atom. The second-order valence-corrected chi connectivity index (χ2v) is 22.4. The third-order valence-corrected chi connectivity index (χ3v) is 15.7. The van der Waals surface area contributed by atoms with Crippen LogP contribution in [-0.2, 0) is 6.42 Å². The monoisotopic (exact) mass is 1120 g/mol. The number of hydrogen-bond acceptors (Lipinski definition) is 7. The Labute approximate surface area is 472 Å². The average molecular weight is 1120 g/mol. The Hall–Kier alpha value is -4.38. The van der Waals surface area contributed by atoms with Gasteiger partial charge in [-0.05, 0) is 104 Å². The van der Waals surface area contributed by atoms with Gasteiger partial charge in [0, 0.05) is 21.5 Å². The fourth-order valence-electron chi connectivity index (χ4n) is 9.19. The smallest absolute Gasteiger partial charge is 0.233 e.